The summed E-state index contributed by atoms with van der Waals surface area (Å²) in [6.07, 6.45) is 3.51. The maximum Gasteiger partial charge on any atom is 0.137 e. The van der Waals surface area contributed by atoms with Crippen molar-refractivity contribution in [3.63, 3.8) is 0 Å². The number of ether oxygens (including phenoxy) is 1. The van der Waals surface area contributed by atoms with Gasteiger partial charge in [0.1, 0.15) is 5.75 Å². The quantitative estimate of drug-likeness (QED) is 0.918. The zero-order valence-electron chi connectivity index (χ0n) is 10.7. The van der Waals surface area contributed by atoms with Crippen molar-refractivity contribution < 1.29 is 4.74 Å². The van der Waals surface area contributed by atoms with Gasteiger partial charge in [0.2, 0.25) is 0 Å². The minimum atomic E-state index is 0.0224. The van der Waals surface area contributed by atoms with Crippen LogP contribution in [0.2, 0.25) is 5.02 Å². The molecule has 1 N–H and O–H groups in total. The van der Waals surface area contributed by atoms with E-state index in [1.165, 1.54) is 0 Å². The van der Waals surface area contributed by atoms with E-state index in [4.69, 9.17) is 16.3 Å². The number of benzene rings is 1. The smallest absolute Gasteiger partial charge is 0.137 e. The molecule has 2 rings (SSSR count). The molecule has 1 heterocycles. The van der Waals surface area contributed by atoms with E-state index in [1.54, 1.807) is 13.3 Å². The lowest BCUT2D eigenvalue weighted by atomic mass is 10.0. The molecule has 0 aliphatic carbocycles. The van der Waals surface area contributed by atoms with Gasteiger partial charge in [-0.3, -0.25) is 4.98 Å². The summed E-state index contributed by atoms with van der Waals surface area (Å²) in [5.74, 6) is 0.739. The minimum Gasteiger partial charge on any atom is -0.495 e. The fourth-order valence-electron chi connectivity index (χ4n) is 1.94. The SMILES string of the molecule is CNC(c1cncc(OC)c1)c1ccc(Cl)cc1Br. The first kappa shape index (κ1) is 14.3. The van der Waals surface area contributed by atoms with Gasteiger partial charge < -0.3 is 10.1 Å². The van der Waals surface area contributed by atoms with Crippen LogP contribution < -0.4 is 10.1 Å². The number of halogens is 2. The molecule has 1 aromatic carbocycles. The molecule has 0 spiro atoms. The molecule has 1 aromatic heterocycles. The fraction of sp³-hybridized carbons (Fsp3) is 0.214. The fourth-order valence-corrected chi connectivity index (χ4v) is 2.85. The summed E-state index contributed by atoms with van der Waals surface area (Å²) in [5, 5.41) is 3.98. The van der Waals surface area contributed by atoms with Crippen LogP contribution in [-0.2, 0) is 0 Å². The summed E-state index contributed by atoms with van der Waals surface area (Å²) >= 11 is 9.52. The van der Waals surface area contributed by atoms with Crippen LogP contribution in [0.15, 0.2) is 41.1 Å². The number of hydrogen-bond donors (Lipinski definition) is 1. The first-order chi connectivity index (χ1) is 9.15. The molecule has 1 atom stereocenters. The Balaban J connectivity index is 2.43. The Morgan fingerprint density at radius 3 is 2.74 bits per heavy atom. The van der Waals surface area contributed by atoms with Gasteiger partial charge >= 0.3 is 0 Å². The monoisotopic (exact) mass is 340 g/mol. The van der Waals surface area contributed by atoms with Crippen molar-refractivity contribution >= 4 is 27.5 Å². The molecule has 3 nitrogen and oxygen atoms in total. The molecule has 0 bridgehead atoms. The molecule has 1 unspecified atom stereocenters. The van der Waals surface area contributed by atoms with Crippen LogP contribution in [0.5, 0.6) is 5.75 Å². The highest BCUT2D eigenvalue weighted by atomic mass is 79.9. The Morgan fingerprint density at radius 2 is 2.11 bits per heavy atom. The number of hydrogen-bond acceptors (Lipinski definition) is 3. The molecular weight excluding hydrogens is 328 g/mol. The van der Waals surface area contributed by atoms with Crippen LogP contribution in [0, 0.1) is 0 Å². The Bertz CT molecular complexity index is 577. The third-order valence-corrected chi connectivity index (χ3v) is 3.79. The van der Waals surface area contributed by atoms with Crippen molar-refractivity contribution in [3.05, 3.63) is 57.3 Å². The summed E-state index contributed by atoms with van der Waals surface area (Å²) in [6.45, 7) is 0. The van der Waals surface area contributed by atoms with Gasteiger partial charge in [-0.25, -0.2) is 0 Å². The van der Waals surface area contributed by atoms with E-state index in [1.807, 2.05) is 37.5 Å². The number of rotatable bonds is 4. The molecule has 0 fully saturated rings. The second kappa shape index (κ2) is 6.37. The van der Waals surface area contributed by atoms with E-state index >= 15 is 0 Å². The van der Waals surface area contributed by atoms with Gasteiger partial charge in [-0.05, 0) is 36.4 Å². The lowest BCUT2D eigenvalue weighted by Crippen LogP contribution is -2.18. The molecule has 19 heavy (non-hydrogen) atoms. The summed E-state index contributed by atoms with van der Waals surface area (Å²) in [4.78, 5) is 4.19. The van der Waals surface area contributed by atoms with E-state index in [2.05, 4.69) is 26.2 Å². The summed E-state index contributed by atoms with van der Waals surface area (Å²) in [5.41, 5.74) is 2.13. The van der Waals surface area contributed by atoms with Gasteiger partial charge in [-0.15, -0.1) is 0 Å². The number of aromatic nitrogens is 1. The second-order valence-electron chi connectivity index (χ2n) is 4.05. The minimum absolute atomic E-state index is 0.0224. The van der Waals surface area contributed by atoms with Crippen LogP contribution in [0.1, 0.15) is 17.2 Å². The van der Waals surface area contributed by atoms with Crippen LogP contribution in [0.25, 0.3) is 0 Å². The van der Waals surface area contributed by atoms with Crippen LogP contribution >= 0.6 is 27.5 Å². The summed E-state index contributed by atoms with van der Waals surface area (Å²) in [7, 11) is 3.54. The predicted octanol–water partition coefficient (Wildman–Crippen LogP) is 3.81. The second-order valence-corrected chi connectivity index (χ2v) is 5.34. The van der Waals surface area contributed by atoms with E-state index in [0.717, 1.165) is 21.3 Å². The summed E-state index contributed by atoms with van der Waals surface area (Å²) in [6, 6.07) is 7.74. The Kier molecular flexibility index (Phi) is 4.80. The standard InChI is InChI=1S/C14H14BrClN2O/c1-17-14(9-5-11(19-2)8-18-7-9)12-4-3-10(16)6-13(12)15/h3-8,14,17H,1-2H3. The molecule has 0 saturated carbocycles. The van der Waals surface area contributed by atoms with Gasteiger partial charge in [0.25, 0.3) is 0 Å². The van der Waals surface area contributed by atoms with Gasteiger partial charge in [0, 0.05) is 15.7 Å². The zero-order valence-corrected chi connectivity index (χ0v) is 13.0. The Morgan fingerprint density at radius 1 is 1.32 bits per heavy atom. The first-order valence-corrected chi connectivity index (χ1v) is 6.94. The maximum absolute atomic E-state index is 5.98. The summed E-state index contributed by atoms with van der Waals surface area (Å²) < 4.78 is 6.17. The molecule has 0 amide bonds. The van der Waals surface area contributed by atoms with Crippen LogP contribution in [-0.4, -0.2) is 19.1 Å². The number of methoxy groups -OCH3 is 1. The zero-order chi connectivity index (χ0) is 13.8. The van der Waals surface area contributed by atoms with Crippen molar-refractivity contribution in [2.24, 2.45) is 0 Å². The Hall–Kier alpha value is -1.10. The highest BCUT2D eigenvalue weighted by molar-refractivity contribution is 9.10. The van der Waals surface area contributed by atoms with Gasteiger partial charge in [-0.2, -0.15) is 0 Å². The topological polar surface area (TPSA) is 34.2 Å². The van der Waals surface area contributed by atoms with Crippen LogP contribution in [0.3, 0.4) is 0 Å². The average Bonchev–Trinajstić information content (AvgIpc) is 2.42. The molecular formula is C14H14BrClN2O. The number of nitrogens with zero attached hydrogens (tertiary/aromatic N) is 1. The van der Waals surface area contributed by atoms with Gasteiger partial charge in [0.15, 0.2) is 0 Å². The largest absolute Gasteiger partial charge is 0.495 e. The van der Waals surface area contributed by atoms with E-state index < -0.39 is 0 Å². The Labute approximate surface area is 126 Å². The third kappa shape index (κ3) is 3.26. The maximum atomic E-state index is 5.98. The number of pyridine rings is 1. The van der Waals surface area contributed by atoms with Crippen molar-refractivity contribution in [1.82, 2.24) is 10.3 Å². The highest BCUT2D eigenvalue weighted by Gasteiger charge is 2.16. The molecule has 5 heteroatoms. The van der Waals surface area contributed by atoms with Crippen molar-refractivity contribution in [3.8, 4) is 5.75 Å². The van der Waals surface area contributed by atoms with Crippen molar-refractivity contribution in [2.45, 2.75) is 6.04 Å². The predicted molar refractivity (Wildman–Crippen MR) is 80.8 cm³/mol. The molecule has 0 saturated heterocycles. The lowest BCUT2D eigenvalue weighted by molar-refractivity contribution is 0.411. The average molecular weight is 342 g/mol. The lowest BCUT2D eigenvalue weighted by Gasteiger charge is -2.19. The normalized spacial score (nSPS) is 12.2. The van der Waals surface area contributed by atoms with E-state index in [-0.39, 0.29) is 6.04 Å². The molecule has 2 aromatic rings. The van der Waals surface area contributed by atoms with E-state index in [0.29, 0.717) is 5.02 Å². The van der Waals surface area contributed by atoms with Gasteiger partial charge in [0.05, 0.1) is 19.3 Å². The molecule has 0 aliphatic rings. The first-order valence-electron chi connectivity index (χ1n) is 5.77. The molecule has 100 valence electrons. The van der Waals surface area contributed by atoms with Gasteiger partial charge in [-0.1, -0.05) is 33.6 Å². The number of nitrogens with one attached hydrogen (secondary N) is 1. The highest BCUT2D eigenvalue weighted by Crippen LogP contribution is 2.31. The molecule has 0 aliphatic heterocycles. The van der Waals surface area contributed by atoms with Crippen LogP contribution in [0.4, 0.5) is 0 Å². The molecule has 0 radical (unpaired) electrons. The van der Waals surface area contributed by atoms with Crippen molar-refractivity contribution in [1.29, 1.82) is 0 Å². The van der Waals surface area contributed by atoms with Crippen molar-refractivity contribution in [2.75, 3.05) is 14.2 Å². The van der Waals surface area contributed by atoms with E-state index in [9.17, 15) is 0 Å². The third-order valence-electron chi connectivity index (χ3n) is 2.87.